The van der Waals surface area contributed by atoms with E-state index in [-0.39, 0.29) is 5.95 Å². The lowest BCUT2D eigenvalue weighted by Gasteiger charge is -2.06. The van der Waals surface area contributed by atoms with Gasteiger partial charge < -0.3 is 11.1 Å². The van der Waals surface area contributed by atoms with Crippen LogP contribution in [0.5, 0.6) is 0 Å². The van der Waals surface area contributed by atoms with Gasteiger partial charge in [0.05, 0.1) is 0 Å². The van der Waals surface area contributed by atoms with Crippen LogP contribution in [0.4, 0.5) is 21.8 Å². The molecule has 3 N–H and O–H groups in total. The summed E-state index contributed by atoms with van der Waals surface area (Å²) in [6.45, 7) is 0. The molecule has 4 nitrogen and oxygen atoms in total. The molecule has 2 rings (SSSR count). The van der Waals surface area contributed by atoms with Crippen LogP contribution in [0.25, 0.3) is 0 Å². The zero-order valence-electron chi connectivity index (χ0n) is 8.11. The molecule has 2 aromatic rings. The van der Waals surface area contributed by atoms with E-state index in [9.17, 15) is 4.39 Å². The lowest BCUT2D eigenvalue weighted by Crippen LogP contribution is -1.99. The summed E-state index contributed by atoms with van der Waals surface area (Å²) in [4.78, 5) is 7.66. The second-order valence-electron chi connectivity index (χ2n) is 3.08. The van der Waals surface area contributed by atoms with Gasteiger partial charge >= 0.3 is 0 Å². The molecule has 1 aromatic carbocycles. The second-order valence-corrected chi connectivity index (χ2v) is 3.52. The number of rotatable bonds is 2. The molecule has 0 spiro atoms. The Bertz CT molecular complexity index is 498. The van der Waals surface area contributed by atoms with Crippen molar-refractivity contribution in [2.24, 2.45) is 0 Å². The summed E-state index contributed by atoms with van der Waals surface area (Å²) in [7, 11) is 0. The third kappa shape index (κ3) is 2.58. The monoisotopic (exact) mass is 238 g/mol. The van der Waals surface area contributed by atoms with Gasteiger partial charge in [0.2, 0.25) is 5.95 Å². The van der Waals surface area contributed by atoms with E-state index in [4.69, 9.17) is 17.3 Å². The highest BCUT2D eigenvalue weighted by molar-refractivity contribution is 6.30. The molecule has 0 aliphatic carbocycles. The summed E-state index contributed by atoms with van der Waals surface area (Å²) in [5.74, 6) is 0.207. The van der Waals surface area contributed by atoms with E-state index in [1.165, 1.54) is 18.3 Å². The van der Waals surface area contributed by atoms with Crippen molar-refractivity contribution in [3.8, 4) is 0 Å². The van der Waals surface area contributed by atoms with E-state index in [1.54, 1.807) is 12.1 Å². The van der Waals surface area contributed by atoms with E-state index in [0.29, 0.717) is 16.5 Å². The van der Waals surface area contributed by atoms with Crippen LogP contribution < -0.4 is 11.1 Å². The number of nitrogens with zero attached hydrogens (tertiary/aromatic N) is 2. The summed E-state index contributed by atoms with van der Waals surface area (Å²) >= 11 is 5.71. The molecule has 82 valence electrons. The highest BCUT2D eigenvalue weighted by Crippen LogP contribution is 2.20. The number of nitrogen functional groups attached to an aromatic ring is 1. The maximum atomic E-state index is 13.0. The van der Waals surface area contributed by atoms with Crippen molar-refractivity contribution < 1.29 is 4.39 Å². The van der Waals surface area contributed by atoms with Crippen LogP contribution in [-0.2, 0) is 0 Å². The molecule has 0 unspecified atom stereocenters. The first kappa shape index (κ1) is 10.6. The summed E-state index contributed by atoms with van der Waals surface area (Å²) < 4.78 is 13.0. The Balaban J connectivity index is 2.27. The number of anilines is 3. The summed E-state index contributed by atoms with van der Waals surface area (Å²) in [5, 5.41) is 3.18. The predicted molar refractivity (Wildman–Crippen MR) is 61.1 cm³/mol. The van der Waals surface area contributed by atoms with Gasteiger partial charge in [-0.1, -0.05) is 11.6 Å². The van der Waals surface area contributed by atoms with Gasteiger partial charge in [0, 0.05) is 16.9 Å². The van der Waals surface area contributed by atoms with E-state index >= 15 is 0 Å². The van der Waals surface area contributed by atoms with Crippen LogP contribution in [0.2, 0.25) is 5.02 Å². The molecule has 0 saturated carbocycles. The third-order valence-electron chi connectivity index (χ3n) is 1.81. The molecule has 0 radical (unpaired) electrons. The molecule has 0 atom stereocenters. The SMILES string of the molecule is Nc1nccc(Nc2cc(F)cc(Cl)c2)n1. The molecule has 0 saturated heterocycles. The highest BCUT2D eigenvalue weighted by Gasteiger charge is 2.01. The van der Waals surface area contributed by atoms with Gasteiger partial charge in [-0.3, -0.25) is 0 Å². The van der Waals surface area contributed by atoms with Gasteiger partial charge in [0.15, 0.2) is 0 Å². The number of nitrogens with one attached hydrogen (secondary N) is 1. The minimum absolute atomic E-state index is 0.146. The third-order valence-corrected chi connectivity index (χ3v) is 2.03. The topological polar surface area (TPSA) is 63.8 Å². The van der Waals surface area contributed by atoms with Crippen molar-refractivity contribution in [2.45, 2.75) is 0 Å². The lowest BCUT2D eigenvalue weighted by atomic mass is 10.3. The van der Waals surface area contributed by atoms with Crippen molar-refractivity contribution in [1.29, 1.82) is 0 Å². The molecular weight excluding hydrogens is 231 g/mol. The fraction of sp³-hybridized carbons (Fsp3) is 0. The highest BCUT2D eigenvalue weighted by atomic mass is 35.5. The zero-order chi connectivity index (χ0) is 11.5. The number of aromatic nitrogens is 2. The van der Waals surface area contributed by atoms with Gasteiger partial charge in [-0.25, -0.2) is 9.37 Å². The predicted octanol–water partition coefficient (Wildman–Crippen LogP) is 2.59. The van der Waals surface area contributed by atoms with Gasteiger partial charge in [-0.2, -0.15) is 4.98 Å². The van der Waals surface area contributed by atoms with Crippen molar-refractivity contribution in [1.82, 2.24) is 9.97 Å². The number of hydrogen-bond donors (Lipinski definition) is 2. The van der Waals surface area contributed by atoms with E-state index in [0.717, 1.165) is 0 Å². The lowest BCUT2D eigenvalue weighted by molar-refractivity contribution is 0.628. The average molecular weight is 239 g/mol. The average Bonchev–Trinajstić information content (AvgIpc) is 2.15. The van der Waals surface area contributed by atoms with Crippen molar-refractivity contribution in [3.63, 3.8) is 0 Å². The Kier molecular flexibility index (Phi) is 2.87. The first-order chi connectivity index (χ1) is 7.63. The molecule has 0 aliphatic rings. The Morgan fingerprint density at radius 2 is 2.12 bits per heavy atom. The normalized spacial score (nSPS) is 10.1. The summed E-state index contributed by atoms with van der Waals surface area (Å²) in [5.41, 5.74) is 5.91. The number of hydrogen-bond acceptors (Lipinski definition) is 4. The maximum Gasteiger partial charge on any atom is 0.221 e. The van der Waals surface area contributed by atoms with Crippen molar-refractivity contribution in [2.75, 3.05) is 11.1 Å². The molecule has 1 aromatic heterocycles. The van der Waals surface area contributed by atoms with E-state index in [2.05, 4.69) is 15.3 Å². The second kappa shape index (κ2) is 4.32. The number of benzene rings is 1. The molecule has 1 heterocycles. The first-order valence-corrected chi connectivity index (χ1v) is 4.83. The molecule has 0 amide bonds. The van der Waals surface area contributed by atoms with Gasteiger partial charge in [0.25, 0.3) is 0 Å². The number of nitrogens with two attached hydrogens (primary N) is 1. The van der Waals surface area contributed by atoms with Crippen LogP contribution in [0, 0.1) is 5.82 Å². The van der Waals surface area contributed by atoms with Gasteiger partial charge in [-0.05, 0) is 24.3 Å². The minimum Gasteiger partial charge on any atom is -0.368 e. The molecule has 16 heavy (non-hydrogen) atoms. The van der Waals surface area contributed by atoms with E-state index < -0.39 is 5.82 Å². The van der Waals surface area contributed by atoms with Gasteiger partial charge in [-0.15, -0.1) is 0 Å². The Morgan fingerprint density at radius 1 is 1.31 bits per heavy atom. The standard InChI is InChI=1S/C10H8ClFN4/c11-6-3-7(12)5-8(4-6)15-9-1-2-14-10(13)16-9/h1-5H,(H3,13,14,15,16). The molecule has 0 aliphatic heterocycles. The fourth-order valence-electron chi connectivity index (χ4n) is 1.22. The molecular formula is C10H8ClFN4. The zero-order valence-corrected chi connectivity index (χ0v) is 8.87. The molecule has 6 heteroatoms. The van der Waals surface area contributed by atoms with Gasteiger partial charge in [0.1, 0.15) is 11.6 Å². The van der Waals surface area contributed by atoms with Crippen LogP contribution in [0.15, 0.2) is 30.5 Å². The minimum atomic E-state index is -0.419. The molecule has 0 bridgehead atoms. The Labute approximate surface area is 96.3 Å². The van der Waals surface area contributed by atoms with Crippen LogP contribution in [0.3, 0.4) is 0 Å². The quantitative estimate of drug-likeness (QED) is 0.844. The molecule has 0 fully saturated rings. The van der Waals surface area contributed by atoms with Crippen molar-refractivity contribution >= 4 is 29.1 Å². The summed E-state index contributed by atoms with van der Waals surface area (Å²) in [6, 6.07) is 5.74. The summed E-state index contributed by atoms with van der Waals surface area (Å²) in [6.07, 6.45) is 1.51. The maximum absolute atomic E-state index is 13.0. The number of halogens is 2. The first-order valence-electron chi connectivity index (χ1n) is 4.45. The fourth-order valence-corrected chi connectivity index (χ4v) is 1.44. The smallest absolute Gasteiger partial charge is 0.221 e. The largest absolute Gasteiger partial charge is 0.368 e. The van der Waals surface area contributed by atoms with Crippen LogP contribution in [0.1, 0.15) is 0 Å². The Morgan fingerprint density at radius 3 is 2.81 bits per heavy atom. The van der Waals surface area contributed by atoms with E-state index in [1.807, 2.05) is 0 Å². The van der Waals surface area contributed by atoms with Crippen LogP contribution >= 0.6 is 11.6 Å². The Hall–Kier alpha value is -1.88. The van der Waals surface area contributed by atoms with Crippen LogP contribution in [-0.4, -0.2) is 9.97 Å². The van der Waals surface area contributed by atoms with Crippen molar-refractivity contribution in [3.05, 3.63) is 41.3 Å².